The molecule has 26 heavy (non-hydrogen) atoms. The van der Waals surface area contributed by atoms with Crippen LogP contribution in [0.25, 0.3) is 0 Å². The van der Waals surface area contributed by atoms with E-state index in [1.54, 1.807) is 26.8 Å². The SMILES string of the molecule is CC(C)(C)OC(=O)N[C@H]1CCC(c2cccc(OC(F)(F)F)c2)C[C@@H]1N. The molecule has 0 aromatic heterocycles. The highest BCUT2D eigenvalue weighted by molar-refractivity contribution is 5.68. The van der Waals surface area contributed by atoms with Gasteiger partial charge in [0.1, 0.15) is 11.4 Å². The van der Waals surface area contributed by atoms with Gasteiger partial charge in [-0.1, -0.05) is 12.1 Å². The molecule has 0 radical (unpaired) electrons. The van der Waals surface area contributed by atoms with Gasteiger partial charge in [-0.25, -0.2) is 4.79 Å². The Kier molecular flexibility index (Phi) is 6.05. The van der Waals surface area contributed by atoms with Crippen LogP contribution in [0.3, 0.4) is 0 Å². The summed E-state index contributed by atoms with van der Waals surface area (Å²) >= 11 is 0. The molecule has 1 aromatic rings. The van der Waals surface area contributed by atoms with Crippen LogP contribution in [-0.2, 0) is 4.74 Å². The zero-order valence-electron chi connectivity index (χ0n) is 15.1. The second-order valence-electron chi connectivity index (χ2n) is 7.55. The summed E-state index contributed by atoms with van der Waals surface area (Å²) in [6.07, 6.45) is -3.36. The monoisotopic (exact) mass is 374 g/mol. The van der Waals surface area contributed by atoms with E-state index in [4.69, 9.17) is 10.5 Å². The fourth-order valence-corrected chi connectivity index (χ4v) is 3.11. The summed E-state index contributed by atoms with van der Waals surface area (Å²) in [6.45, 7) is 5.33. The van der Waals surface area contributed by atoms with Crippen LogP contribution in [0.2, 0.25) is 0 Å². The van der Waals surface area contributed by atoms with Crippen molar-refractivity contribution < 1.29 is 27.4 Å². The van der Waals surface area contributed by atoms with Crippen molar-refractivity contribution in [2.45, 2.75) is 70.0 Å². The third-order valence-corrected chi connectivity index (χ3v) is 4.16. The quantitative estimate of drug-likeness (QED) is 0.836. The predicted molar refractivity (Wildman–Crippen MR) is 90.9 cm³/mol. The summed E-state index contributed by atoms with van der Waals surface area (Å²) in [5.74, 6) is -0.226. The van der Waals surface area contributed by atoms with E-state index < -0.39 is 18.1 Å². The molecule has 0 saturated heterocycles. The maximum atomic E-state index is 12.4. The third kappa shape index (κ3) is 6.40. The first-order chi connectivity index (χ1) is 11.9. The lowest BCUT2D eigenvalue weighted by atomic mass is 9.79. The molecule has 1 aliphatic rings. The van der Waals surface area contributed by atoms with Gasteiger partial charge in [-0.15, -0.1) is 13.2 Å². The molecule has 1 aromatic carbocycles. The molecule has 0 spiro atoms. The van der Waals surface area contributed by atoms with E-state index in [0.717, 1.165) is 5.56 Å². The molecule has 3 N–H and O–H groups in total. The zero-order chi connectivity index (χ0) is 19.5. The molecule has 1 fully saturated rings. The minimum atomic E-state index is -4.72. The normalized spacial score (nSPS) is 24.0. The zero-order valence-corrected chi connectivity index (χ0v) is 15.1. The van der Waals surface area contributed by atoms with Crippen molar-refractivity contribution in [1.29, 1.82) is 0 Å². The van der Waals surface area contributed by atoms with Crippen LogP contribution in [0.4, 0.5) is 18.0 Å². The molecule has 1 unspecified atom stereocenters. The Morgan fingerprint density at radius 3 is 2.50 bits per heavy atom. The van der Waals surface area contributed by atoms with Gasteiger partial charge in [0.15, 0.2) is 0 Å². The van der Waals surface area contributed by atoms with Gasteiger partial charge < -0.3 is 20.5 Å². The lowest BCUT2D eigenvalue weighted by Gasteiger charge is -2.35. The molecule has 0 heterocycles. The maximum absolute atomic E-state index is 12.4. The predicted octanol–water partition coefficient (Wildman–Crippen LogP) is 4.07. The Morgan fingerprint density at radius 1 is 1.23 bits per heavy atom. The number of ether oxygens (including phenoxy) is 2. The molecule has 2 rings (SSSR count). The van der Waals surface area contributed by atoms with E-state index in [0.29, 0.717) is 19.3 Å². The van der Waals surface area contributed by atoms with Gasteiger partial charge in [-0.2, -0.15) is 0 Å². The number of amides is 1. The van der Waals surface area contributed by atoms with Gasteiger partial charge in [0.2, 0.25) is 0 Å². The Hall–Kier alpha value is -1.96. The molecule has 0 bridgehead atoms. The number of benzene rings is 1. The van der Waals surface area contributed by atoms with E-state index in [9.17, 15) is 18.0 Å². The largest absolute Gasteiger partial charge is 0.573 e. The standard InChI is InChI=1S/C18H25F3N2O3/c1-17(2,3)26-16(24)23-15-8-7-12(10-14(15)22)11-5-4-6-13(9-11)25-18(19,20)21/h4-6,9,12,14-15H,7-8,10,22H2,1-3H3,(H,23,24)/t12?,14-,15-/m0/s1. The van der Waals surface area contributed by atoms with E-state index in [-0.39, 0.29) is 23.8 Å². The van der Waals surface area contributed by atoms with Crippen molar-refractivity contribution in [3.05, 3.63) is 29.8 Å². The lowest BCUT2D eigenvalue weighted by Crippen LogP contribution is -2.51. The molecule has 5 nitrogen and oxygen atoms in total. The first-order valence-corrected chi connectivity index (χ1v) is 8.54. The second kappa shape index (κ2) is 7.73. The minimum absolute atomic E-state index is 0.0125. The number of hydrogen-bond donors (Lipinski definition) is 2. The number of nitrogens with two attached hydrogens (primary N) is 1. The van der Waals surface area contributed by atoms with E-state index in [1.807, 2.05) is 0 Å². The number of halogens is 3. The molecule has 0 aliphatic heterocycles. The molecule has 1 amide bonds. The summed E-state index contributed by atoms with van der Waals surface area (Å²) in [6, 6.07) is 5.43. The van der Waals surface area contributed by atoms with Gasteiger partial charge in [0, 0.05) is 12.1 Å². The number of hydrogen-bond acceptors (Lipinski definition) is 4. The van der Waals surface area contributed by atoms with Crippen molar-refractivity contribution in [3.8, 4) is 5.75 Å². The number of alkyl carbamates (subject to hydrolysis) is 1. The van der Waals surface area contributed by atoms with Crippen LogP contribution in [-0.4, -0.2) is 30.1 Å². The van der Waals surface area contributed by atoms with Gasteiger partial charge >= 0.3 is 12.5 Å². The van der Waals surface area contributed by atoms with Gasteiger partial charge in [-0.3, -0.25) is 0 Å². The van der Waals surface area contributed by atoms with Crippen molar-refractivity contribution in [1.82, 2.24) is 5.32 Å². The van der Waals surface area contributed by atoms with Crippen molar-refractivity contribution in [3.63, 3.8) is 0 Å². The van der Waals surface area contributed by atoms with Crippen molar-refractivity contribution in [2.24, 2.45) is 5.73 Å². The van der Waals surface area contributed by atoms with Crippen LogP contribution in [0, 0.1) is 0 Å². The smallest absolute Gasteiger partial charge is 0.444 e. The summed E-state index contributed by atoms with van der Waals surface area (Å²) < 4.78 is 46.3. The van der Waals surface area contributed by atoms with Gasteiger partial charge in [-0.05, 0) is 63.6 Å². The number of carbonyl (C=O) groups is 1. The molecule has 8 heteroatoms. The maximum Gasteiger partial charge on any atom is 0.573 e. The summed E-state index contributed by atoms with van der Waals surface area (Å²) in [5.41, 5.74) is 6.33. The average Bonchev–Trinajstić information content (AvgIpc) is 2.46. The van der Waals surface area contributed by atoms with Gasteiger partial charge in [0.25, 0.3) is 0 Å². The highest BCUT2D eigenvalue weighted by atomic mass is 19.4. The van der Waals surface area contributed by atoms with Crippen LogP contribution >= 0.6 is 0 Å². The minimum Gasteiger partial charge on any atom is -0.444 e. The number of carbonyl (C=O) groups excluding carboxylic acids is 1. The third-order valence-electron chi connectivity index (χ3n) is 4.16. The highest BCUT2D eigenvalue weighted by Gasteiger charge is 2.33. The van der Waals surface area contributed by atoms with Crippen LogP contribution < -0.4 is 15.8 Å². The molecular weight excluding hydrogens is 349 g/mol. The Bertz CT molecular complexity index is 629. The number of alkyl halides is 3. The van der Waals surface area contributed by atoms with Crippen LogP contribution in [0.5, 0.6) is 5.75 Å². The average molecular weight is 374 g/mol. The number of nitrogens with one attached hydrogen (secondary N) is 1. The Morgan fingerprint density at radius 2 is 1.92 bits per heavy atom. The van der Waals surface area contributed by atoms with Crippen LogP contribution in [0.15, 0.2) is 24.3 Å². The Labute approximate surface area is 151 Å². The summed E-state index contributed by atoms with van der Waals surface area (Å²) in [4.78, 5) is 11.9. The molecule has 1 saturated carbocycles. The highest BCUT2D eigenvalue weighted by Crippen LogP contribution is 2.35. The molecular formula is C18H25F3N2O3. The summed E-state index contributed by atoms with van der Waals surface area (Å²) in [5, 5.41) is 2.78. The van der Waals surface area contributed by atoms with Gasteiger partial charge in [0.05, 0.1) is 0 Å². The van der Waals surface area contributed by atoms with E-state index in [1.165, 1.54) is 18.2 Å². The van der Waals surface area contributed by atoms with Crippen molar-refractivity contribution in [2.75, 3.05) is 0 Å². The number of rotatable bonds is 3. The molecule has 146 valence electrons. The van der Waals surface area contributed by atoms with Crippen molar-refractivity contribution >= 4 is 6.09 Å². The molecule has 3 atom stereocenters. The fraction of sp³-hybridized carbons (Fsp3) is 0.611. The lowest BCUT2D eigenvalue weighted by molar-refractivity contribution is -0.274. The van der Waals surface area contributed by atoms with E-state index >= 15 is 0 Å². The van der Waals surface area contributed by atoms with Crippen LogP contribution in [0.1, 0.15) is 51.5 Å². The topological polar surface area (TPSA) is 73.6 Å². The summed E-state index contributed by atoms with van der Waals surface area (Å²) in [7, 11) is 0. The molecule has 1 aliphatic carbocycles. The first kappa shape index (κ1) is 20.4. The fourth-order valence-electron chi connectivity index (χ4n) is 3.11. The Balaban J connectivity index is 1.96. The van der Waals surface area contributed by atoms with E-state index in [2.05, 4.69) is 10.1 Å². The first-order valence-electron chi connectivity index (χ1n) is 8.54. The second-order valence-corrected chi connectivity index (χ2v) is 7.55.